The fraction of sp³-hybridized carbons (Fsp3) is 0.636. The van der Waals surface area contributed by atoms with Gasteiger partial charge >= 0.3 is 5.97 Å². The minimum Gasteiger partial charge on any atom is -0.458 e. The van der Waals surface area contributed by atoms with Gasteiger partial charge in [0.1, 0.15) is 6.61 Å². The number of rotatable bonds is 3. The summed E-state index contributed by atoms with van der Waals surface area (Å²) in [6, 6.07) is 0. The molecule has 2 fully saturated rings. The van der Waals surface area contributed by atoms with Crippen LogP contribution in [0.2, 0.25) is 0 Å². The average molecular weight is 342 g/mol. The first-order valence-corrected chi connectivity index (χ1v) is 9.51. The van der Waals surface area contributed by atoms with Crippen molar-refractivity contribution in [1.29, 1.82) is 0 Å². The van der Waals surface area contributed by atoms with E-state index in [1.165, 1.54) is 6.42 Å². The van der Waals surface area contributed by atoms with Crippen molar-refractivity contribution in [2.75, 3.05) is 6.61 Å². The Morgan fingerprint density at radius 3 is 2.68 bits per heavy atom. The fourth-order valence-electron chi connectivity index (χ4n) is 5.50. The SMILES string of the molecule is C=C1C(=O)CC2C(C)(CC)C(C)CCC2(C)C1/C=C/C1=CCOC1=O. The molecular formula is C22H30O3. The van der Waals surface area contributed by atoms with Crippen LogP contribution in [0, 0.1) is 28.6 Å². The highest BCUT2D eigenvalue weighted by Crippen LogP contribution is 2.63. The first-order chi connectivity index (χ1) is 11.7. The Balaban J connectivity index is 1.99. The van der Waals surface area contributed by atoms with Gasteiger partial charge in [0.05, 0.1) is 5.57 Å². The number of carbonyl (C=O) groups is 2. The topological polar surface area (TPSA) is 43.4 Å². The van der Waals surface area contributed by atoms with Crippen LogP contribution in [0.4, 0.5) is 0 Å². The molecule has 5 atom stereocenters. The summed E-state index contributed by atoms with van der Waals surface area (Å²) in [5, 5.41) is 0. The summed E-state index contributed by atoms with van der Waals surface area (Å²) in [6.45, 7) is 13.7. The van der Waals surface area contributed by atoms with Crippen LogP contribution in [0.1, 0.15) is 53.4 Å². The van der Waals surface area contributed by atoms with E-state index in [9.17, 15) is 9.59 Å². The summed E-state index contributed by atoms with van der Waals surface area (Å²) in [4.78, 5) is 24.4. The summed E-state index contributed by atoms with van der Waals surface area (Å²) in [5.41, 5.74) is 1.48. The van der Waals surface area contributed by atoms with Gasteiger partial charge in [0.25, 0.3) is 0 Å². The van der Waals surface area contributed by atoms with E-state index in [1.807, 2.05) is 12.2 Å². The number of carbonyl (C=O) groups excluding carboxylic acids is 2. The number of hydrogen-bond acceptors (Lipinski definition) is 3. The normalized spacial score (nSPS) is 41.7. The molecule has 0 spiro atoms. The summed E-state index contributed by atoms with van der Waals surface area (Å²) >= 11 is 0. The van der Waals surface area contributed by atoms with Crippen LogP contribution in [-0.4, -0.2) is 18.4 Å². The lowest BCUT2D eigenvalue weighted by molar-refractivity contribution is -0.135. The highest BCUT2D eigenvalue weighted by atomic mass is 16.5. The molecule has 5 unspecified atom stereocenters. The summed E-state index contributed by atoms with van der Waals surface area (Å²) in [7, 11) is 0. The van der Waals surface area contributed by atoms with E-state index in [2.05, 4.69) is 34.3 Å². The van der Waals surface area contributed by atoms with Gasteiger partial charge in [-0.05, 0) is 47.2 Å². The molecule has 0 bridgehead atoms. The minimum atomic E-state index is -0.277. The predicted molar refractivity (Wildman–Crippen MR) is 98.8 cm³/mol. The van der Waals surface area contributed by atoms with Crippen LogP contribution in [0.15, 0.2) is 36.0 Å². The molecule has 0 amide bonds. The second-order valence-electron chi connectivity index (χ2n) is 8.60. The number of Topliss-reactive ketones (excluding diaryl/α,β-unsaturated/α-hetero) is 1. The number of hydrogen-bond donors (Lipinski definition) is 0. The van der Waals surface area contributed by atoms with Gasteiger partial charge in [0.2, 0.25) is 0 Å². The third kappa shape index (κ3) is 2.72. The molecule has 0 N–H and O–H groups in total. The fourth-order valence-corrected chi connectivity index (χ4v) is 5.50. The molecule has 0 aromatic heterocycles. The van der Waals surface area contributed by atoms with Crippen LogP contribution in [0.3, 0.4) is 0 Å². The van der Waals surface area contributed by atoms with Gasteiger partial charge in [-0.15, -0.1) is 0 Å². The predicted octanol–water partition coefficient (Wildman–Crippen LogP) is 4.64. The second-order valence-corrected chi connectivity index (χ2v) is 8.60. The molecule has 3 aliphatic rings. The van der Waals surface area contributed by atoms with Gasteiger partial charge in [-0.1, -0.05) is 52.8 Å². The maximum atomic E-state index is 12.7. The Bertz CT molecular complexity index is 671. The van der Waals surface area contributed by atoms with Crippen molar-refractivity contribution in [2.24, 2.45) is 28.6 Å². The second kappa shape index (κ2) is 6.26. The first kappa shape index (κ1) is 18.2. The number of ketones is 1. The van der Waals surface area contributed by atoms with Crippen LogP contribution in [-0.2, 0) is 14.3 Å². The summed E-state index contributed by atoms with van der Waals surface area (Å²) in [5.74, 6) is 0.875. The van der Waals surface area contributed by atoms with E-state index >= 15 is 0 Å². The van der Waals surface area contributed by atoms with Gasteiger partial charge in [-0.2, -0.15) is 0 Å². The lowest BCUT2D eigenvalue weighted by Gasteiger charge is -2.60. The number of allylic oxidation sites excluding steroid dienone is 2. The molecule has 3 nitrogen and oxygen atoms in total. The van der Waals surface area contributed by atoms with Gasteiger partial charge in [0, 0.05) is 12.3 Å². The zero-order chi connectivity index (χ0) is 18.4. The highest BCUT2D eigenvalue weighted by Gasteiger charge is 2.57. The summed E-state index contributed by atoms with van der Waals surface area (Å²) < 4.78 is 4.98. The molecule has 0 radical (unpaired) electrons. The quantitative estimate of drug-likeness (QED) is 0.554. The molecule has 0 aromatic carbocycles. The van der Waals surface area contributed by atoms with E-state index in [0.29, 0.717) is 36.0 Å². The smallest absolute Gasteiger partial charge is 0.338 e. The van der Waals surface area contributed by atoms with Crippen molar-refractivity contribution < 1.29 is 14.3 Å². The zero-order valence-electron chi connectivity index (χ0n) is 15.9. The molecule has 0 saturated heterocycles. The zero-order valence-corrected chi connectivity index (χ0v) is 15.9. The molecular weight excluding hydrogens is 312 g/mol. The standard InChI is InChI=1S/C22H30O3/c1-6-21(4)14(2)9-11-22(5)17(15(3)18(23)13-19(21)22)8-7-16-10-12-25-20(16)24/h7-8,10,14,17,19H,3,6,9,11-13H2,1-2,4-5H3/b8-7+. The Kier molecular flexibility index (Phi) is 4.55. The minimum absolute atomic E-state index is 0.00794. The van der Waals surface area contributed by atoms with E-state index < -0.39 is 0 Å². The molecule has 1 heterocycles. The lowest BCUT2D eigenvalue weighted by atomic mass is 9.44. The van der Waals surface area contributed by atoms with Crippen molar-refractivity contribution in [1.82, 2.24) is 0 Å². The molecule has 2 aliphatic carbocycles. The van der Waals surface area contributed by atoms with Crippen LogP contribution < -0.4 is 0 Å². The average Bonchev–Trinajstić information content (AvgIpc) is 2.99. The number of esters is 1. The molecule has 3 heteroatoms. The van der Waals surface area contributed by atoms with Gasteiger partial charge in [-0.3, -0.25) is 4.79 Å². The number of ether oxygens (including phenoxy) is 1. The largest absolute Gasteiger partial charge is 0.458 e. The van der Waals surface area contributed by atoms with Crippen molar-refractivity contribution in [3.8, 4) is 0 Å². The molecule has 0 aromatic rings. The third-order valence-electron chi connectivity index (χ3n) is 7.65. The van der Waals surface area contributed by atoms with E-state index in [0.717, 1.165) is 12.8 Å². The summed E-state index contributed by atoms with van der Waals surface area (Å²) in [6.07, 6.45) is 9.64. The first-order valence-electron chi connectivity index (χ1n) is 9.51. The molecule has 136 valence electrons. The van der Waals surface area contributed by atoms with Crippen molar-refractivity contribution in [3.63, 3.8) is 0 Å². The highest BCUT2D eigenvalue weighted by molar-refractivity contribution is 5.97. The van der Waals surface area contributed by atoms with E-state index in [-0.39, 0.29) is 28.5 Å². The van der Waals surface area contributed by atoms with Crippen LogP contribution in [0.25, 0.3) is 0 Å². The Labute approximate surface area is 151 Å². The third-order valence-corrected chi connectivity index (χ3v) is 7.65. The number of fused-ring (bicyclic) bond motifs is 1. The molecule has 2 saturated carbocycles. The van der Waals surface area contributed by atoms with Crippen molar-refractivity contribution in [2.45, 2.75) is 53.4 Å². The van der Waals surface area contributed by atoms with Gasteiger partial charge < -0.3 is 4.74 Å². The van der Waals surface area contributed by atoms with Crippen LogP contribution in [0.5, 0.6) is 0 Å². The van der Waals surface area contributed by atoms with E-state index in [4.69, 9.17) is 4.74 Å². The van der Waals surface area contributed by atoms with Gasteiger partial charge in [-0.25, -0.2) is 4.79 Å². The Hall–Kier alpha value is -1.64. The molecule has 3 rings (SSSR count). The van der Waals surface area contributed by atoms with E-state index in [1.54, 1.807) is 6.08 Å². The maximum Gasteiger partial charge on any atom is 0.338 e. The Morgan fingerprint density at radius 2 is 2.08 bits per heavy atom. The van der Waals surface area contributed by atoms with Crippen molar-refractivity contribution in [3.05, 3.63) is 36.0 Å². The monoisotopic (exact) mass is 342 g/mol. The lowest BCUT2D eigenvalue weighted by Crippen LogP contribution is -2.54. The molecule has 1 aliphatic heterocycles. The molecule has 25 heavy (non-hydrogen) atoms. The van der Waals surface area contributed by atoms with Gasteiger partial charge in [0.15, 0.2) is 5.78 Å². The maximum absolute atomic E-state index is 12.7. The Morgan fingerprint density at radius 1 is 1.36 bits per heavy atom. The van der Waals surface area contributed by atoms with Crippen molar-refractivity contribution >= 4 is 11.8 Å². The van der Waals surface area contributed by atoms with Crippen LogP contribution >= 0.6 is 0 Å². The number of cyclic esters (lactones) is 1.